The Morgan fingerprint density at radius 1 is 1.02 bits per heavy atom. The Morgan fingerprint density at radius 2 is 1.64 bits per heavy atom. The molecule has 0 bridgehead atoms. The van der Waals surface area contributed by atoms with Crippen LogP contribution in [0.5, 0.6) is 5.75 Å². The first-order chi connectivity index (χ1) is 30.2. The monoisotopic (exact) mass is 966 g/mol. The van der Waals surface area contributed by atoms with Gasteiger partial charge < -0.3 is 39.7 Å². The van der Waals surface area contributed by atoms with Gasteiger partial charge in [0.25, 0.3) is 17.9 Å². The molecule has 5 amide bonds. The van der Waals surface area contributed by atoms with Crippen molar-refractivity contribution in [2.75, 3.05) is 25.0 Å². The molecule has 2 saturated heterocycles. The molecule has 4 heterocycles. The number of likely N-dealkylation sites (tertiary alicyclic amines) is 1. The Balaban J connectivity index is 1.40. The quantitative estimate of drug-likeness (QED) is 0.0323. The van der Waals surface area contributed by atoms with E-state index in [0.717, 1.165) is 16.9 Å². The topological polar surface area (TPSA) is 303 Å². The highest BCUT2D eigenvalue weighted by Gasteiger charge is 2.58. The third-order valence-corrected chi connectivity index (χ3v) is 10.8. The number of aromatic nitrogens is 3. The SMILES string of the molecule is Cn1c2ccc(OC[C@H](O/N=C(\C(=O)N[C@@H]3C(=O)N(OS(=O)(=O)O)C3(C)C)c3csc(NC(=O)OC(C)(C)C)n3)C(=O)OC(C)(C)C)cc2c[n+]1CC1(C(N)=O)CN(C(=O)OC(C)(C)C)C1. The average Bonchev–Trinajstić information content (AvgIpc) is 3.71. The minimum Gasteiger partial charge on any atom is -0.489 e. The van der Waals surface area contributed by atoms with Gasteiger partial charge in [0.1, 0.15) is 51.8 Å². The molecule has 0 unspecified atom stereocenters. The van der Waals surface area contributed by atoms with E-state index in [1.807, 2.05) is 0 Å². The molecule has 2 aromatic heterocycles. The summed E-state index contributed by atoms with van der Waals surface area (Å²) in [5, 5.41) is 11.2. The Morgan fingerprint density at radius 3 is 2.20 bits per heavy atom. The highest BCUT2D eigenvalue weighted by Crippen LogP contribution is 2.34. The van der Waals surface area contributed by atoms with E-state index < -0.39 is 98.5 Å². The molecule has 0 aliphatic carbocycles. The zero-order valence-electron chi connectivity index (χ0n) is 38.6. The summed E-state index contributed by atoms with van der Waals surface area (Å²) in [5.74, 6) is -3.39. The number of hydrogen-bond donors (Lipinski definition) is 4. The number of β-lactam (4-membered cyclic amide) rings is 1. The number of benzene rings is 1. The van der Waals surface area contributed by atoms with Gasteiger partial charge in [0.2, 0.25) is 12.1 Å². The fraction of sp³-hybridized carbons (Fsp3) is 0.575. The van der Waals surface area contributed by atoms with Crippen LogP contribution in [-0.4, -0.2) is 128 Å². The molecular weight excluding hydrogens is 911 g/mol. The standard InChI is InChI=1S/C40H55N9O15S2/c1-36(2,3)60-31(52)26(17-59-23-13-14-25-22(15-23)16-48(46(25)12)21-40(32(41)53)19-47(20-40)35(55)62-38(7,8)9)63-45-27(24-18-65-33(42-24)44-34(54)61-37(4,5)6)29(50)43-28-30(51)49(39(28,10)11)64-66(56,57)58/h13-16,18,26,28H,17,19-21H2,1-12H3,(H4-,41,42,43,44,50,53,54,56,57,58)/p+1/b45-27-/t26-,28+/m0/s1. The number of anilines is 1. The minimum absolute atomic E-state index is 0.0302. The fourth-order valence-electron chi connectivity index (χ4n) is 6.59. The second-order valence-electron chi connectivity index (χ2n) is 19.2. The number of fused-ring (bicyclic) bond motifs is 1. The third-order valence-electron chi connectivity index (χ3n) is 9.68. The van der Waals surface area contributed by atoms with Crippen LogP contribution in [-0.2, 0) is 66.5 Å². The summed E-state index contributed by atoms with van der Waals surface area (Å²) >= 11 is 0.874. The molecule has 2 fully saturated rings. The van der Waals surface area contributed by atoms with Gasteiger partial charge in [-0.05, 0) is 94.4 Å². The number of hydroxylamine groups is 2. The van der Waals surface area contributed by atoms with E-state index in [1.165, 1.54) is 24.1 Å². The molecule has 24 nitrogen and oxygen atoms in total. The first kappa shape index (κ1) is 50.9. The summed E-state index contributed by atoms with van der Waals surface area (Å²) in [6, 6.07) is 3.62. The molecule has 5 N–H and O–H groups in total. The van der Waals surface area contributed by atoms with Crippen molar-refractivity contribution in [1.29, 1.82) is 0 Å². The van der Waals surface area contributed by atoms with Crippen LogP contribution in [0.1, 0.15) is 81.9 Å². The van der Waals surface area contributed by atoms with E-state index in [0.29, 0.717) is 10.4 Å². The van der Waals surface area contributed by atoms with E-state index in [2.05, 4.69) is 25.1 Å². The number of ether oxygens (including phenoxy) is 4. The highest BCUT2D eigenvalue weighted by atomic mass is 32.3. The number of nitrogens with one attached hydrogen (secondary N) is 2. The fourth-order valence-corrected chi connectivity index (χ4v) is 7.73. The second-order valence-corrected chi connectivity index (χ2v) is 21.1. The number of carbonyl (C=O) groups is 6. The Hall–Kier alpha value is -6.12. The molecule has 0 saturated carbocycles. The number of primary amides is 1. The number of rotatable bonds is 15. The lowest BCUT2D eigenvalue weighted by molar-refractivity contribution is -0.780. The molecular formula is C40H56N9O15S2+. The predicted octanol–water partition coefficient (Wildman–Crippen LogP) is 2.34. The van der Waals surface area contributed by atoms with Gasteiger partial charge in [0, 0.05) is 18.5 Å². The molecule has 362 valence electrons. The van der Waals surface area contributed by atoms with Crippen molar-refractivity contribution >= 4 is 79.4 Å². The van der Waals surface area contributed by atoms with Crippen LogP contribution in [0.2, 0.25) is 0 Å². The lowest BCUT2D eigenvalue weighted by Gasteiger charge is -2.50. The second kappa shape index (κ2) is 18.3. The number of aryl methyl sites for hydroxylation is 1. The van der Waals surface area contributed by atoms with Crippen LogP contribution >= 0.6 is 11.3 Å². The van der Waals surface area contributed by atoms with Gasteiger partial charge >= 0.3 is 28.6 Å². The molecule has 1 aromatic carbocycles. The normalized spacial score (nSPS) is 17.8. The van der Waals surface area contributed by atoms with E-state index in [4.69, 9.17) is 34.1 Å². The molecule has 0 spiro atoms. The molecule has 3 aromatic rings. The number of carbonyl (C=O) groups excluding carboxylic acids is 6. The molecule has 5 rings (SSSR count). The van der Waals surface area contributed by atoms with Gasteiger partial charge in [-0.3, -0.25) is 24.3 Å². The van der Waals surface area contributed by atoms with Crippen molar-refractivity contribution < 1.29 is 74.5 Å². The number of esters is 1. The summed E-state index contributed by atoms with van der Waals surface area (Å²) in [4.78, 5) is 89.7. The molecule has 0 radical (unpaired) electrons. The van der Waals surface area contributed by atoms with Gasteiger partial charge in [0.05, 0.1) is 18.0 Å². The Kier molecular flexibility index (Phi) is 14.1. The number of nitrogens with zero attached hydrogens (tertiary/aromatic N) is 6. The summed E-state index contributed by atoms with van der Waals surface area (Å²) in [6.45, 7) is 17.5. The van der Waals surface area contributed by atoms with Crippen molar-refractivity contribution in [1.82, 2.24) is 24.9 Å². The van der Waals surface area contributed by atoms with Crippen LogP contribution < -0.4 is 25.8 Å². The molecule has 2 aliphatic rings. The zero-order valence-corrected chi connectivity index (χ0v) is 40.2. The average molecular weight is 967 g/mol. The minimum atomic E-state index is -5.10. The van der Waals surface area contributed by atoms with Crippen LogP contribution in [0.3, 0.4) is 0 Å². The van der Waals surface area contributed by atoms with Crippen molar-refractivity contribution in [3.05, 3.63) is 35.5 Å². The summed E-state index contributed by atoms with van der Waals surface area (Å²) in [6.07, 6.45) is -1.27. The van der Waals surface area contributed by atoms with Crippen molar-refractivity contribution in [2.45, 2.75) is 117 Å². The number of nitrogens with two attached hydrogens (primary N) is 1. The van der Waals surface area contributed by atoms with Crippen LogP contribution in [0.4, 0.5) is 14.7 Å². The Bertz CT molecular complexity index is 2540. The molecule has 2 aliphatic heterocycles. The van der Waals surface area contributed by atoms with Gasteiger partial charge in [-0.15, -0.1) is 20.3 Å². The van der Waals surface area contributed by atoms with E-state index in [-0.39, 0.29) is 36.2 Å². The lowest BCUT2D eigenvalue weighted by atomic mass is 9.79. The van der Waals surface area contributed by atoms with Gasteiger partial charge in [-0.2, -0.15) is 18.2 Å². The molecule has 66 heavy (non-hydrogen) atoms. The Labute approximate surface area is 384 Å². The summed E-state index contributed by atoms with van der Waals surface area (Å²) < 4.78 is 62.2. The van der Waals surface area contributed by atoms with E-state index in [1.54, 1.807) is 103 Å². The lowest BCUT2D eigenvalue weighted by Crippen LogP contribution is -2.76. The maximum atomic E-state index is 13.9. The number of thiazole rings is 1. The molecule has 26 heteroatoms. The van der Waals surface area contributed by atoms with Gasteiger partial charge in [0.15, 0.2) is 17.4 Å². The van der Waals surface area contributed by atoms with Gasteiger partial charge in [-0.1, -0.05) is 5.16 Å². The summed E-state index contributed by atoms with van der Waals surface area (Å²) in [7, 11) is -3.32. The van der Waals surface area contributed by atoms with E-state index in [9.17, 15) is 37.2 Å². The highest BCUT2D eigenvalue weighted by molar-refractivity contribution is 7.80. The maximum Gasteiger partial charge on any atom is 0.418 e. The summed E-state index contributed by atoms with van der Waals surface area (Å²) in [5.41, 5.74) is 0.628. The van der Waals surface area contributed by atoms with Crippen molar-refractivity contribution in [2.24, 2.45) is 23.4 Å². The first-order valence-corrected chi connectivity index (χ1v) is 22.6. The zero-order chi connectivity index (χ0) is 49.5. The number of oxime groups is 1. The third kappa shape index (κ3) is 12.4. The predicted molar refractivity (Wildman–Crippen MR) is 233 cm³/mol. The van der Waals surface area contributed by atoms with Crippen molar-refractivity contribution in [3.63, 3.8) is 0 Å². The number of amides is 5. The van der Waals surface area contributed by atoms with Crippen molar-refractivity contribution in [3.8, 4) is 5.75 Å². The van der Waals surface area contributed by atoms with E-state index >= 15 is 0 Å². The maximum absolute atomic E-state index is 13.9. The van der Waals surface area contributed by atoms with Crippen LogP contribution in [0.25, 0.3) is 10.9 Å². The smallest absolute Gasteiger partial charge is 0.418 e. The van der Waals surface area contributed by atoms with Crippen LogP contribution in [0, 0.1) is 5.41 Å². The number of hydrogen-bond acceptors (Lipinski definition) is 17. The largest absolute Gasteiger partial charge is 0.489 e. The van der Waals surface area contributed by atoms with Crippen LogP contribution in [0.15, 0.2) is 34.9 Å². The molecule has 2 atom stereocenters. The first-order valence-electron chi connectivity index (χ1n) is 20.3. The van der Waals surface area contributed by atoms with Gasteiger partial charge in [-0.25, -0.2) is 19.4 Å².